The Hall–Kier alpha value is -1.51. The summed E-state index contributed by atoms with van der Waals surface area (Å²) in [5.74, 6) is 2.46. The van der Waals surface area contributed by atoms with E-state index in [0.29, 0.717) is 18.3 Å². The summed E-state index contributed by atoms with van der Waals surface area (Å²) in [6, 6.07) is 6.36. The van der Waals surface area contributed by atoms with Crippen molar-refractivity contribution in [1.82, 2.24) is 5.32 Å². The van der Waals surface area contributed by atoms with Gasteiger partial charge in [-0.05, 0) is 29.9 Å². The van der Waals surface area contributed by atoms with Gasteiger partial charge in [0.15, 0.2) is 0 Å². The van der Waals surface area contributed by atoms with Gasteiger partial charge in [0.1, 0.15) is 5.75 Å². The molecule has 1 heterocycles. The summed E-state index contributed by atoms with van der Waals surface area (Å²) < 4.78 is 5.60. The molecule has 3 rings (SSSR count). The van der Waals surface area contributed by atoms with Crippen molar-refractivity contribution in [1.29, 1.82) is 0 Å². The zero-order valence-electron chi connectivity index (χ0n) is 10.7. The molecule has 0 spiro atoms. The Kier molecular flexibility index (Phi) is 2.98. The van der Waals surface area contributed by atoms with Gasteiger partial charge >= 0.3 is 0 Å². The van der Waals surface area contributed by atoms with Gasteiger partial charge in [-0.25, -0.2) is 0 Å². The molecule has 1 saturated carbocycles. The monoisotopic (exact) mass is 245 g/mol. The van der Waals surface area contributed by atoms with Gasteiger partial charge in [0.2, 0.25) is 5.91 Å². The molecule has 1 aliphatic carbocycles. The van der Waals surface area contributed by atoms with Gasteiger partial charge in [-0.3, -0.25) is 4.79 Å². The number of fused-ring (bicyclic) bond motifs is 1. The van der Waals surface area contributed by atoms with E-state index >= 15 is 0 Å². The van der Waals surface area contributed by atoms with E-state index in [2.05, 4.69) is 23.5 Å². The Balaban J connectivity index is 1.64. The first-order chi connectivity index (χ1) is 8.79. The van der Waals surface area contributed by atoms with E-state index in [4.69, 9.17) is 4.74 Å². The molecule has 0 radical (unpaired) electrons. The Morgan fingerprint density at radius 1 is 1.50 bits per heavy atom. The number of ether oxygens (including phenoxy) is 1. The van der Waals surface area contributed by atoms with E-state index < -0.39 is 0 Å². The molecule has 0 saturated heterocycles. The summed E-state index contributed by atoms with van der Waals surface area (Å²) in [4.78, 5) is 11.2. The predicted molar refractivity (Wildman–Crippen MR) is 69.8 cm³/mol. The lowest BCUT2D eigenvalue weighted by molar-refractivity contribution is -0.120. The number of carbonyl (C=O) groups is 1. The van der Waals surface area contributed by atoms with Crippen LogP contribution in [0.1, 0.15) is 36.8 Å². The minimum atomic E-state index is 0.155. The van der Waals surface area contributed by atoms with Crippen molar-refractivity contribution in [2.75, 3.05) is 13.2 Å². The Morgan fingerprint density at radius 3 is 3.22 bits per heavy atom. The van der Waals surface area contributed by atoms with Crippen LogP contribution in [-0.2, 0) is 11.2 Å². The van der Waals surface area contributed by atoms with Crippen molar-refractivity contribution < 1.29 is 9.53 Å². The molecular formula is C15H19NO2. The fourth-order valence-electron chi connectivity index (χ4n) is 2.82. The number of nitrogens with one attached hydrogen (secondary N) is 1. The van der Waals surface area contributed by atoms with Gasteiger partial charge < -0.3 is 10.1 Å². The molecule has 2 aliphatic rings. The molecule has 1 fully saturated rings. The average Bonchev–Trinajstić information content (AvgIpc) is 3.00. The Bertz CT molecular complexity index is 470. The zero-order valence-corrected chi connectivity index (χ0v) is 10.7. The van der Waals surface area contributed by atoms with Crippen LogP contribution >= 0.6 is 0 Å². The minimum Gasteiger partial charge on any atom is -0.493 e. The zero-order chi connectivity index (χ0) is 12.5. The number of rotatable bonds is 4. The highest BCUT2D eigenvalue weighted by Gasteiger charge is 2.40. The number of amides is 1. The molecule has 0 bridgehead atoms. The molecule has 2 atom stereocenters. The van der Waals surface area contributed by atoms with Gasteiger partial charge in [0.25, 0.3) is 0 Å². The van der Waals surface area contributed by atoms with Crippen molar-refractivity contribution in [2.45, 2.75) is 32.1 Å². The van der Waals surface area contributed by atoms with E-state index in [9.17, 15) is 4.79 Å². The molecule has 1 N–H and O–H groups in total. The fourth-order valence-corrected chi connectivity index (χ4v) is 2.82. The highest BCUT2D eigenvalue weighted by molar-refractivity contribution is 5.75. The topological polar surface area (TPSA) is 38.3 Å². The lowest BCUT2D eigenvalue weighted by Crippen LogP contribution is -2.24. The van der Waals surface area contributed by atoms with Gasteiger partial charge in [-0.15, -0.1) is 0 Å². The van der Waals surface area contributed by atoms with Crippen LogP contribution in [0.3, 0.4) is 0 Å². The van der Waals surface area contributed by atoms with Crippen molar-refractivity contribution in [3.8, 4) is 5.75 Å². The summed E-state index contributed by atoms with van der Waals surface area (Å²) in [5.41, 5.74) is 2.84. The van der Waals surface area contributed by atoms with E-state index in [1.54, 1.807) is 0 Å². The van der Waals surface area contributed by atoms with Crippen LogP contribution in [0.15, 0.2) is 18.2 Å². The molecule has 1 aromatic rings. The largest absolute Gasteiger partial charge is 0.493 e. The summed E-state index contributed by atoms with van der Waals surface area (Å²) in [6.07, 6.45) is 2.81. The lowest BCUT2D eigenvalue weighted by atomic mass is 10.00. The van der Waals surface area contributed by atoms with Gasteiger partial charge in [-0.2, -0.15) is 0 Å². The average molecular weight is 245 g/mol. The molecular weight excluding hydrogens is 226 g/mol. The third-order valence-corrected chi connectivity index (χ3v) is 3.98. The van der Waals surface area contributed by atoms with Crippen molar-refractivity contribution in [3.05, 3.63) is 29.3 Å². The van der Waals surface area contributed by atoms with E-state index in [-0.39, 0.29) is 5.91 Å². The van der Waals surface area contributed by atoms with E-state index in [1.807, 2.05) is 6.92 Å². The first kappa shape index (κ1) is 11.6. The van der Waals surface area contributed by atoms with Crippen LogP contribution in [0.5, 0.6) is 5.75 Å². The normalized spacial score (nSPS) is 24.3. The van der Waals surface area contributed by atoms with E-state index in [1.165, 1.54) is 17.5 Å². The molecule has 1 aliphatic heterocycles. The summed E-state index contributed by atoms with van der Waals surface area (Å²) in [5, 5.41) is 2.99. The third-order valence-electron chi connectivity index (χ3n) is 3.98. The van der Waals surface area contributed by atoms with Crippen LogP contribution < -0.4 is 10.1 Å². The first-order valence-electron chi connectivity index (χ1n) is 6.81. The van der Waals surface area contributed by atoms with Crippen molar-refractivity contribution in [3.63, 3.8) is 0 Å². The van der Waals surface area contributed by atoms with Crippen LogP contribution in [0, 0.1) is 5.92 Å². The summed E-state index contributed by atoms with van der Waals surface area (Å²) in [6.45, 7) is 3.53. The molecule has 0 aromatic heterocycles. The van der Waals surface area contributed by atoms with Crippen molar-refractivity contribution >= 4 is 5.91 Å². The van der Waals surface area contributed by atoms with Gasteiger partial charge in [-0.1, -0.05) is 19.1 Å². The van der Waals surface area contributed by atoms with Gasteiger partial charge in [0, 0.05) is 24.9 Å². The second-order valence-corrected chi connectivity index (χ2v) is 5.18. The quantitative estimate of drug-likeness (QED) is 0.883. The SMILES string of the molecule is CCC(=O)NC[C@H]1CC1c1cccc2c1CCO2. The minimum absolute atomic E-state index is 0.155. The number of benzene rings is 1. The summed E-state index contributed by atoms with van der Waals surface area (Å²) in [7, 11) is 0. The molecule has 1 amide bonds. The maximum atomic E-state index is 11.2. The number of hydrogen-bond donors (Lipinski definition) is 1. The molecule has 3 nitrogen and oxygen atoms in total. The first-order valence-corrected chi connectivity index (χ1v) is 6.81. The van der Waals surface area contributed by atoms with Crippen molar-refractivity contribution in [2.24, 2.45) is 5.92 Å². The van der Waals surface area contributed by atoms with Crippen LogP contribution in [0.2, 0.25) is 0 Å². The molecule has 96 valence electrons. The highest BCUT2D eigenvalue weighted by atomic mass is 16.5. The Labute approximate surface area is 108 Å². The highest BCUT2D eigenvalue weighted by Crippen LogP contribution is 2.50. The predicted octanol–water partition coefficient (Wildman–Crippen LogP) is 2.25. The maximum Gasteiger partial charge on any atom is 0.219 e. The lowest BCUT2D eigenvalue weighted by Gasteiger charge is -2.07. The number of carbonyl (C=O) groups excluding carboxylic acids is 1. The van der Waals surface area contributed by atoms with E-state index in [0.717, 1.165) is 25.3 Å². The summed E-state index contributed by atoms with van der Waals surface area (Å²) >= 11 is 0. The molecule has 1 unspecified atom stereocenters. The van der Waals surface area contributed by atoms with Crippen LogP contribution in [-0.4, -0.2) is 19.1 Å². The Morgan fingerprint density at radius 2 is 2.39 bits per heavy atom. The smallest absolute Gasteiger partial charge is 0.219 e. The van der Waals surface area contributed by atoms with Crippen LogP contribution in [0.4, 0.5) is 0 Å². The maximum absolute atomic E-state index is 11.2. The molecule has 18 heavy (non-hydrogen) atoms. The van der Waals surface area contributed by atoms with Gasteiger partial charge in [0.05, 0.1) is 6.61 Å². The standard InChI is InChI=1S/C15H19NO2/c1-2-15(17)16-9-10-8-13(10)11-4-3-5-14-12(11)6-7-18-14/h3-5,10,13H,2,6-9H2,1H3,(H,16,17)/t10-,13?/m1/s1. The number of hydrogen-bond acceptors (Lipinski definition) is 2. The third kappa shape index (κ3) is 2.09. The van der Waals surface area contributed by atoms with Crippen LogP contribution in [0.25, 0.3) is 0 Å². The second-order valence-electron chi connectivity index (χ2n) is 5.18. The molecule has 1 aromatic carbocycles. The molecule has 3 heteroatoms. The fraction of sp³-hybridized carbons (Fsp3) is 0.533. The second kappa shape index (κ2) is 4.63.